The van der Waals surface area contributed by atoms with Crippen LogP contribution in [0.1, 0.15) is 16.1 Å². The lowest BCUT2D eigenvalue weighted by Gasteiger charge is -2.05. The molecule has 1 aromatic heterocycles. The van der Waals surface area contributed by atoms with E-state index in [2.05, 4.69) is 20.3 Å². The van der Waals surface area contributed by atoms with Gasteiger partial charge in [-0.25, -0.2) is 9.97 Å². The minimum absolute atomic E-state index is 0.0907. The molecular weight excluding hydrogens is 336 g/mol. The zero-order chi connectivity index (χ0) is 18.7. The van der Waals surface area contributed by atoms with E-state index in [4.69, 9.17) is 5.73 Å². The van der Waals surface area contributed by atoms with Crippen molar-refractivity contribution >= 4 is 34.4 Å². The van der Waals surface area contributed by atoms with Gasteiger partial charge in [-0.2, -0.15) is 4.99 Å². The van der Waals surface area contributed by atoms with Crippen molar-refractivity contribution < 1.29 is 9.72 Å². The number of hydrogen-bond acceptors (Lipinski definition) is 6. The van der Waals surface area contributed by atoms with E-state index in [1.54, 1.807) is 0 Å². The number of carbonyl (C=O) groups excluding carboxylic acids is 1. The molecule has 0 fully saturated rings. The van der Waals surface area contributed by atoms with Crippen LogP contribution in [-0.4, -0.2) is 26.8 Å². The average molecular weight is 350 g/mol. The van der Waals surface area contributed by atoms with Crippen LogP contribution in [0.3, 0.4) is 0 Å². The molecule has 130 valence electrons. The fraction of sp³-hybridized carbons (Fsp3) is 0.0588. The number of non-ortho nitro benzene ring substituents is 1. The number of nitrogens with one attached hydrogen (secondary N) is 1. The number of hydrogen-bond donors (Lipinski definition) is 2. The van der Waals surface area contributed by atoms with Crippen LogP contribution in [0.15, 0.2) is 53.5 Å². The smallest absolute Gasteiger partial charge is 0.270 e. The van der Waals surface area contributed by atoms with Gasteiger partial charge in [-0.15, -0.1) is 0 Å². The van der Waals surface area contributed by atoms with Gasteiger partial charge in [0, 0.05) is 23.1 Å². The predicted octanol–water partition coefficient (Wildman–Crippen LogP) is 2.22. The number of nitrogens with two attached hydrogens (primary N) is 1. The number of carbonyl (C=O) groups is 1. The molecule has 0 atom stereocenters. The number of nitrogens with zero attached hydrogens (tertiary/aromatic N) is 4. The maximum Gasteiger partial charge on any atom is 0.270 e. The lowest BCUT2D eigenvalue weighted by atomic mass is 10.2. The fourth-order valence-electron chi connectivity index (χ4n) is 2.35. The Kier molecular flexibility index (Phi) is 4.52. The molecule has 0 radical (unpaired) electrons. The number of aromatic nitrogens is 2. The normalized spacial score (nSPS) is 11.3. The van der Waals surface area contributed by atoms with Crippen molar-refractivity contribution in [2.45, 2.75) is 6.92 Å². The van der Waals surface area contributed by atoms with Crippen LogP contribution in [0.2, 0.25) is 0 Å². The van der Waals surface area contributed by atoms with Crippen LogP contribution >= 0.6 is 0 Å². The van der Waals surface area contributed by atoms with Gasteiger partial charge in [0.1, 0.15) is 0 Å². The summed E-state index contributed by atoms with van der Waals surface area (Å²) in [5.74, 6) is -0.721. The quantitative estimate of drug-likeness (QED) is 0.322. The lowest BCUT2D eigenvalue weighted by molar-refractivity contribution is -0.384. The largest absolute Gasteiger partial charge is 0.369 e. The molecule has 9 nitrogen and oxygen atoms in total. The van der Waals surface area contributed by atoms with Crippen LogP contribution < -0.4 is 11.1 Å². The number of aryl methyl sites for hydroxylation is 1. The first-order valence-corrected chi connectivity index (χ1v) is 7.57. The number of nitro groups is 1. The molecule has 3 aromatic rings. The van der Waals surface area contributed by atoms with E-state index in [0.29, 0.717) is 5.52 Å². The Morgan fingerprint density at radius 3 is 2.73 bits per heavy atom. The minimum atomic E-state index is -0.618. The van der Waals surface area contributed by atoms with Crippen LogP contribution in [-0.2, 0) is 0 Å². The number of benzene rings is 2. The Balaban J connectivity index is 1.83. The zero-order valence-electron chi connectivity index (χ0n) is 13.7. The summed E-state index contributed by atoms with van der Waals surface area (Å²) in [6.45, 7) is 1.82. The number of nitro benzene ring substituents is 1. The predicted molar refractivity (Wildman–Crippen MR) is 96.1 cm³/mol. The molecular formula is C17H14N6O3. The van der Waals surface area contributed by atoms with Crippen LogP contribution in [0.25, 0.3) is 10.9 Å². The summed E-state index contributed by atoms with van der Waals surface area (Å²) in [6, 6.07) is 12.7. The van der Waals surface area contributed by atoms with Gasteiger partial charge in [0.15, 0.2) is 0 Å². The Morgan fingerprint density at radius 1 is 1.19 bits per heavy atom. The van der Waals surface area contributed by atoms with E-state index in [0.717, 1.165) is 17.1 Å². The maximum absolute atomic E-state index is 12.2. The number of amides is 1. The molecule has 1 heterocycles. The first-order valence-electron chi connectivity index (χ1n) is 7.57. The van der Waals surface area contributed by atoms with Crippen molar-refractivity contribution in [3.8, 4) is 0 Å². The Morgan fingerprint density at radius 2 is 1.96 bits per heavy atom. The molecule has 0 aliphatic rings. The van der Waals surface area contributed by atoms with Gasteiger partial charge in [-0.3, -0.25) is 20.2 Å². The van der Waals surface area contributed by atoms with Crippen LogP contribution in [0, 0.1) is 17.0 Å². The molecule has 3 N–H and O–H groups in total. The van der Waals surface area contributed by atoms with Crippen LogP contribution in [0.4, 0.5) is 11.6 Å². The van der Waals surface area contributed by atoms with E-state index in [-0.39, 0.29) is 23.2 Å². The highest BCUT2D eigenvalue weighted by atomic mass is 16.6. The summed E-state index contributed by atoms with van der Waals surface area (Å²) in [5, 5.41) is 14.0. The van der Waals surface area contributed by atoms with Gasteiger partial charge >= 0.3 is 0 Å². The molecule has 0 unspecified atom stereocenters. The summed E-state index contributed by atoms with van der Waals surface area (Å²) in [5.41, 5.74) is 7.07. The summed E-state index contributed by atoms with van der Waals surface area (Å²) in [6.07, 6.45) is 0. The first kappa shape index (κ1) is 17.0. The molecule has 0 spiro atoms. The van der Waals surface area contributed by atoms with E-state index >= 15 is 0 Å². The maximum atomic E-state index is 12.2. The van der Waals surface area contributed by atoms with Crippen molar-refractivity contribution in [1.29, 1.82) is 0 Å². The van der Waals surface area contributed by atoms with Crippen molar-refractivity contribution in [2.75, 3.05) is 0 Å². The van der Waals surface area contributed by atoms with Gasteiger partial charge in [-0.1, -0.05) is 24.3 Å². The topological polar surface area (TPSA) is 136 Å². The molecule has 0 saturated carbocycles. The second-order valence-electron chi connectivity index (χ2n) is 5.38. The SMILES string of the molecule is Cc1nc(/N=C(\N)NC(=O)c2cccc([N+](=O)[O-])c2)nc2ccccc12. The zero-order valence-corrected chi connectivity index (χ0v) is 13.7. The van der Waals surface area contributed by atoms with E-state index in [1.165, 1.54) is 18.2 Å². The highest BCUT2D eigenvalue weighted by Crippen LogP contribution is 2.18. The molecule has 0 aliphatic carbocycles. The third-order valence-corrected chi connectivity index (χ3v) is 3.56. The molecule has 9 heteroatoms. The third kappa shape index (κ3) is 3.61. The number of fused-ring (bicyclic) bond motifs is 1. The summed E-state index contributed by atoms with van der Waals surface area (Å²) in [7, 11) is 0. The Bertz CT molecular complexity index is 1050. The molecule has 0 aliphatic heterocycles. The molecule has 0 saturated heterocycles. The van der Waals surface area contributed by atoms with Crippen molar-refractivity contribution in [1.82, 2.24) is 15.3 Å². The van der Waals surface area contributed by atoms with Crippen LogP contribution in [0.5, 0.6) is 0 Å². The second kappa shape index (κ2) is 6.93. The van der Waals surface area contributed by atoms with Gasteiger partial charge in [0.25, 0.3) is 17.5 Å². The van der Waals surface area contributed by atoms with Gasteiger partial charge in [0.2, 0.25) is 5.96 Å². The van der Waals surface area contributed by atoms with Crippen molar-refractivity contribution in [2.24, 2.45) is 10.7 Å². The molecule has 26 heavy (non-hydrogen) atoms. The molecule has 3 rings (SSSR count). The average Bonchev–Trinajstić information content (AvgIpc) is 2.61. The van der Waals surface area contributed by atoms with E-state index in [1.807, 2.05) is 31.2 Å². The Labute approximate surface area is 147 Å². The number of guanidine groups is 1. The monoisotopic (exact) mass is 350 g/mol. The number of para-hydroxylation sites is 1. The molecule has 0 bridgehead atoms. The van der Waals surface area contributed by atoms with Gasteiger partial charge in [-0.05, 0) is 19.1 Å². The molecule has 2 aromatic carbocycles. The fourth-order valence-corrected chi connectivity index (χ4v) is 2.35. The third-order valence-electron chi connectivity index (χ3n) is 3.56. The summed E-state index contributed by atoms with van der Waals surface area (Å²) < 4.78 is 0. The number of aliphatic imine (C=N–C) groups is 1. The first-order chi connectivity index (χ1) is 12.4. The summed E-state index contributed by atoms with van der Waals surface area (Å²) in [4.78, 5) is 34.9. The van der Waals surface area contributed by atoms with E-state index in [9.17, 15) is 14.9 Å². The second-order valence-corrected chi connectivity index (χ2v) is 5.38. The highest BCUT2D eigenvalue weighted by Gasteiger charge is 2.12. The van der Waals surface area contributed by atoms with Crippen molar-refractivity contribution in [3.05, 3.63) is 69.9 Å². The van der Waals surface area contributed by atoms with Gasteiger partial charge < -0.3 is 5.73 Å². The molecule has 1 amide bonds. The van der Waals surface area contributed by atoms with Gasteiger partial charge in [0.05, 0.1) is 16.1 Å². The standard InChI is InChI=1S/C17H14N6O3/c1-10-13-7-2-3-8-14(13)20-17(19-10)22-16(18)21-15(24)11-5-4-6-12(9-11)23(25)26/h2-9H,1H3,(H3,18,19,20,21,22,24). The van der Waals surface area contributed by atoms with Crippen molar-refractivity contribution in [3.63, 3.8) is 0 Å². The lowest BCUT2D eigenvalue weighted by Crippen LogP contribution is -2.36. The highest BCUT2D eigenvalue weighted by molar-refractivity contribution is 6.06. The summed E-state index contributed by atoms with van der Waals surface area (Å²) >= 11 is 0. The Hall–Kier alpha value is -3.88. The number of rotatable bonds is 3. The minimum Gasteiger partial charge on any atom is -0.369 e. The van der Waals surface area contributed by atoms with E-state index < -0.39 is 10.8 Å².